The number of fused-ring (bicyclic) bond motifs is 1. The Morgan fingerprint density at radius 3 is 2.76 bits per heavy atom. The third kappa shape index (κ3) is 2.30. The lowest BCUT2D eigenvalue weighted by molar-refractivity contribution is 0.149. The first-order chi connectivity index (χ1) is 10.1. The molecule has 2 N–H and O–H groups in total. The van der Waals surface area contributed by atoms with Crippen molar-refractivity contribution in [3.8, 4) is 0 Å². The number of likely N-dealkylation sites (tertiary alicyclic amines) is 1. The predicted octanol–water partition coefficient (Wildman–Crippen LogP) is -0.948. The van der Waals surface area contributed by atoms with E-state index in [1.165, 1.54) is 13.4 Å². The monoisotopic (exact) mass is 293 g/mol. The summed E-state index contributed by atoms with van der Waals surface area (Å²) in [5.41, 5.74) is 0.126. The summed E-state index contributed by atoms with van der Waals surface area (Å²) in [5, 5.41) is 8.98. The molecule has 21 heavy (non-hydrogen) atoms. The first-order valence-electron chi connectivity index (χ1n) is 7.11. The zero-order chi connectivity index (χ0) is 15.0. The van der Waals surface area contributed by atoms with E-state index >= 15 is 0 Å². The van der Waals surface area contributed by atoms with Crippen molar-refractivity contribution in [1.29, 1.82) is 0 Å². The van der Waals surface area contributed by atoms with Crippen molar-refractivity contribution < 1.29 is 5.11 Å². The summed E-state index contributed by atoms with van der Waals surface area (Å²) in [6.45, 7) is 2.47. The van der Waals surface area contributed by atoms with E-state index in [4.69, 9.17) is 5.11 Å². The van der Waals surface area contributed by atoms with Gasteiger partial charge < -0.3 is 15.0 Å². The maximum absolute atomic E-state index is 12.4. The van der Waals surface area contributed by atoms with Gasteiger partial charge in [-0.3, -0.25) is 13.9 Å². The number of imidazole rings is 1. The Bertz CT molecular complexity index is 751. The molecule has 2 aromatic heterocycles. The Hall–Kier alpha value is -1.93. The maximum Gasteiger partial charge on any atom is 0.332 e. The molecule has 0 atom stereocenters. The van der Waals surface area contributed by atoms with E-state index in [0.717, 1.165) is 30.5 Å². The molecule has 0 aromatic carbocycles. The zero-order valence-corrected chi connectivity index (χ0v) is 11.9. The summed E-state index contributed by atoms with van der Waals surface area (Å²) >= 11 is 0. The van der Waals surface area contributed by atoms with Crippen molar-refractivity contribution in [3.63, 3.8) is 0 Å². The summed E-state index contributed by atoms with van der Waals surface area (Å²) < 4.78 is 2.77. The quantitative estimate of drug-likeness (QED) is 0.761. The largest absolute Gasteiger partial charge is 0.395 e. The predicted molar refractivity (Wildman–Crippen MR) is 77.4 cm³/mol. The standard InChI is InChI=1S/C13H19N5O3/c1-16-12(20)10-11(15-8-14-10)18(13(16)21)9-2-4-17(5-3-9)6-7-19/h8-9,19H,2-7H2,1H3,(H,14,15). The van der Waals surface area contributed by atoms with Gasteiger partial charge >= 0.3 is 5.69 Å². The molecule has 0 saturated carbocycles. The van der Waals surface area contributed by atoms with Crippen molar-refractivity contribution in [2.75, 3.05) is 26.2 Å². The molecule has 0 aliphatic carbocycles. The van der Waals surface area contributed by atoms with Gasteiger partial charge in [-0.25, -0.2) is 9.78 Å². The lowest BCUT2D eigenvalue weighted by Crippen LogP contribution is -2.43. The molecule has 3 heterocycles. The first kappa shape index (κ1) is 14.0. The fourth-order valence-corrected chi connectivity index (χ4v) is 3.01. The van der Waals surface area contributed by atoms with E-state index in [9.17, 15) is 9.59 Å². The van der Waals surface area contributed by atoms with Crippen molar-refractivity contribution >= 4 is 11.2 Å². The van der Waals surface area contributed by atoms with Crippen LogP contribution >= 0.6 is 0 Å². The topological polar surface area (TPSA) is 96.2 Å². The van der Waals surface area contributed by atoms with Crippen LogP contribution in [0.3, 0.4) is 0 Å². The van der Waals surface area contributed by atoms with E-state index in [2.05, 4.69) is 14.9 Å². The number of hydrogen-bond donors (Lipinski definition) is 2. The molecule has 0 bridgehead atoms. The second-order valence-electron chi connectivity index (χ2n) is 5.41. The van der Waals surface area contributed by atoms with Crippen LogP contribution in [-0.2, 0) is 7.05 Å². The number of aliphatic hydroxyl groups excluding tert-OH is 1. The van der Waals surface area contributed by atoms with Gasteiger partial charge in [-0.05, 0) is 12.8 Å². The minimum Gasteiger partial charge on any atom is -0.395 e. The fourth-order valence-electron chi connectivity index (χ4n) is 3.01. The molecule has 0 amide bonds. The number of β-amino-alcohol motifs (C(OH)–C–C–N with tert-alkyl or cyclic N) is 1. The number of rotatable bonds is 3. The molecule has 8 nitrogen and oxygen atoms in total. The minimum absolute atomic E-state index is 0.0437. The number of piperidine rings is 1. The van der Waals surface area contributed by atoms with Crippen LogP contribution in [0.4, 0.5) is 0 Å². The Kier molecular flexibility index (Phi) is 3.64. The molecule has 1 saturated heterocycles. The lowest BCUT2D eigenvalue weighted by atomic mass is 10.0. The van der Waals surface area contributed by atoms with Gasteiger partial charge in [-0.2, -0.15) is 0 Å². The van der Waals surface area contributed by atoms with E-state index < -0.39 is 0 Å². The third-order valence-corrected chi connectivity index (χ3v) is 4.20. The molecular weight excluding hydrogens is 274 g/mol. The van der Waals surface area contributed by atoms with Crippen LogP contribution in [0.5, 0.6) is 0 Å². The molecule has 3 rings (SSSR count). The lowest BCUT2D eigenvalue weighted by Gasteiger charge is -2.32. The van der Waals surface area contributed by atoms with Crippen molar-refractivity contribution in [1.82, 2.24) is 24.0 Å². The van der Waals surface area contributed by atoms with Crippen LogP contribution < -0.4 is 11.2 Å². The van der Waals surface area contributed by atoms with Gasteiger partial charge in [0, 0.05) is 32.7 Å². The van der Waals surface area contributed by atoms with E-state index in [-0.39, 0.29) is 23.9 Å². The Morgan fingerprint density at radius 2 is 2.10 bits per heavy atom. The van der Waals surface area contributed by atoms with Gasteiger partial charge in [0.25, 0.3) is 5.56 Å². The SMILES string of the molecule is Cn1c(=O)c2nc[nH]c2n(C2CCN(CCO)CC2)c1=O. The highest BCUT2D eigenvalue weighted by Crippen LogP contribution is 2.22. The van der Waals surface area contributed by atoms with E-state index in [0.29, 0.717) is 17.7 Å². The smallest absolute Gasteiger partial charge is 0.332 e. The van der Waals surface area contributed by atoms with Gasteiger partial charge in [-0.15, -0.1) is 0 Å². The molecule has 0 spiro atoms. The zero-order valence-electron chi connectivity index (χ0n) is 11.9. The highest BCUT2D eigenvalue weighted by Gasteiger charge is 2.24. The van der Waals surface area contributed by atoms with Crippen LogP contribution in [0, 0.1) is 0 Å². The van der Waals surface area contributed by atoms with Crippen molar-refractivity contribution in [3.05, 3.63) is 27.2 Å². The first-order valence-corrected chi connectivity index (χ1v) is 7.11. The summed E-state index contributed by atoms with van der Waals surface area (Å²) in [4.78, 5) is 33.6. The van der Waals surface area contributed by atoms with Crippen molar-refractivity contribution in [2.45, 2.75) is 18.9 Å². The Balaban J connectivity index is 2.00. The van der Waals surface area contributed by atoms with Crippen LogP contribution in [0.25, 0.3) is 11.2 Å². The van der Waals surface area contributed by atoms with Crippen LogP contribution in [-0.4, -0.2) is 55.3 Å². The summed E-state index contributed by atoms with van der Waals surface area (Å²) in [5.74, 6) is 0. The molecular formula is C13H19N5O3. The number of aliphatic hydroxyl groups is 1. The highest BCUT2D eigenvalue weighted by molar-refractivity contribution is 5.68. The molecule has 1 aliphatic rings. The normalized spacial score (nSPS) is 17.6. The summed E-state index contributed by atoms with van der Waals surface area (Å²) in [6, 6.07) is 0.0437. The number of H-pyrrole nitrogens is 1. The average Bonchev–Trinajstić information content (AvgIpc) is 2.96. The van der Waals surface area contributed by atoms with Gasteiger partial charge in [-0.1, -0.05) is 0 Å². The number of nitrogens with zero attached hydrogens (tertiary/aromatic N) is 4. The molecule has 2 aromatic rings. The van der Waals surface area contributed by atoms with E-state index in [1.54, 1.807) is 4.57 Å². The summed E-state index contributed by atoms with van der Waals surface area (Å²) in [7, 11) is 1.48. The van der Waals surface area contributed by atoms with Gasteiger partial charge in [0.2, 0.25) is 0 Å². The Morgan fingerprint density at radius 1 is 1.38 bits per heavy atom. The van der Waals surface area contributed by atoms with Gasteiger partial charge in [0.15, 0.2) is 5.52 Å². The van der Waals surface area contributed by atoms with E-state index in [1.807, 2.05) is 0 Å². The molecule has 1 fully saturated rings. The third-order valence-electron chi connectivity index (χ3n) is 4.20. The fraction of sp³-hybridized carbons (Fsp3) is 0.615. The molecule has 0 radical (unpaired) electrons. The van der Waals surface area contributed by atoms with Gasteiger partial charge in [0.1, 0.15) is 5.65 Å². The van der Waals surface area contributed by atoms with Crippen LogP contribution in [0.1, 0.15) is 18.9 Å². The highest BCUT2D eigenvalue weighted by atomic mass is 16.3. The number of aromatic amines is 1. The molecule has 1 aliphatic heterocycles. The average molecular weight is 293 g/mol. The summed E-state index contributed by atoms with van der Waals surface area (Å²) in [6.07, 6.45) is 3.07. The second-order valence-corrected chi connectivity index (χ2v) is 5.41. The number of aromatic nitrogens is 4. The maximum atomic E-state index is 12.4. The number of nitrogens with one attached hydrogen (secondary N) is 1. The molecule has 8 heteroatoms. The number of hydrogen-bond acceptors (Lipinski definition) is 5. The second kappa shape index (κ2) is 5.45. The van der Waals surface area contributed by atoms with Crippen LogP contribution in [0.15, 0.2) is 15.9 Å². The van der Waals surface area contributed by atoms with Crippen LogP contribution in [0.2, 0.25) is 0 Å². The Labute approximate surface area is 120 Å². The minimum atomic E-state index is -0.370. The molecule has 114 valence electrons. The van der Waals surface area contributed by atoms with Gasteiger partial charge in [0.05, 0.1) is 12.9 Å². The molecule has 0 unspecified atom stereocenters. The van der Waals surface area contributed by atoms with Crippen molar-refractivity contribution in [2.24, 2.45) is 7.05 Å².